The van der Waals surface area contributed by atoms with Gasteiger partial charge in [-0.15, -0.1) is 0 Å². The lowest BCUT2D eigenvalue weighted by Crippen LogP contribution is -2.50. The Morgan fingerprint density at radius 3 is 2.63 bits per heavy atom. The fourth-order valence-corrected chi connectivity index (χ4v) is 2.36. The van der Waals surface area contributed by atoms with Crippen LogP contribution in [-0.2, 0) is 4.74 Å². The second-order valence-corrected chi connectivity index (χ2v) is 6.66. The van der Waals surface area contributed by atoms with Gasteiger partial charge >= 0.3 is 6.09 Å². The van der Waals surface area contributed by atoms with Gasteiger partial charge in [0.25, 0.3) is 0 Å². The van der Waals surface area contributed by atoms with Crippen LogP contribution in [0.1, 0.15) is 32.3 Å². The molecule has 0 aliphatic carbocycles. The van der Waals surface area contributed by atoms with Crippen LogP contribution < -0.4 is 0 Å². The summed E-state index contributed by atoms with van der Waals surface area (Å²) in [6.07, 6.45) is -0.334. The summed E-state index contributed by atoms with van der Waals surface area (Å²) in [6, 6.07) is 4.88. The fraction of sp³-hybridized carbons (Fsp3) is 0.500. The van der Waals surface area contributed by atoms with Gasteiger partial charge in [-0.3, -0.25) is 0 Å². The first-order valence-electron chi connectivity index (χ1n) is 6.19. The Kier molecular flexibility index (Phi) is 3.85. The van der Waals surface area contributed by atoms with Gasteiger partial charge in [-0.25, -0.2) is 9.18 Å². The van der Waals surface area contributed by atoms with E-state index in [9.17, 15) is 9.18 Å². The molecule has 0 radical (unpaired) electrons. The van der Waals surface area contributed by atoms with Crippen LogP contribution in [-0.4, -0.2) is 29.7 Å². The summed E-state index contributed by atoms with van der Waals surface area (Å²) in [6.45, 7) is 6.49. The molecule has 19 heavy (non-hydrogen) atoms. The molecule has 1 aromatic rings. The zero-order chi connectivity index (χ0) is 14.2. The number of carbonyl (C=O) groups is 1. The van der Waals surface area contributed by atoms with Crippen molar-refractivity contribution in [3.8, 4) is 0 Å². The molecule has 5 heteroatoms. The smallest absolute Gasteiger partial charge is 0.410 e. The van der Waals surface area contributed by atoms with E-state index in [-0.39, 0.29) is 17.8 Å². The number of ether oxygens (including phenoxy) is 1. The van der Waals surface area contributed by atoms with Crippen LogP contribution in [0.2, 0.25) is 0 Å². The first-order valence-corrected chi connectivity index (χ1v) is 6.98. The lowest BCUT2D eigenvalue weighted by Gasteiger charge is -2.40. The second-order valence-electron chi connectivity index (χ2n) is 5.75. The van der Waals surface area contributed by atoms with Crippen LogP contribution in [0.15, 0.2) is 22.7 Å². The molecule has 1 amide bonds. The highest BCUT2D eigenvalue weighted by atomic mass is 79.9. The second kappa shape index (κ2) is 5.12. The maximum Gasteiger partial charge on any atom is 0.410 e. The van der Waals surface area contributed by atoms with Crippen molar-refractivity contribution in [2.24, 2.45) is 0 Å². The molecule has 0 bridgehead atoms. The summed E-state index contributed by atoms with van der Waals surface area (Å²) < 4.78 is 19.8. The van der Waals surface area contributed by atoms with Gasteiger partial charge in [0.05, 0.1) is 0 Å². The normalized spacial score (nSPS) is 16.2. The first-order chi connectivity index (χ1) is 8.76. The van der Waals surface area contributed by atoms with Gasteiger partial charge in [0.1, 0.15) is 11.4 Å². The minimum Gasteiger partial charge on any atom is -0.444 e. The Balaban J connectivity index is 1.96. The molecule has 0 N–H and O–H groups in total. The van der Waals surface area contributed by atoms with E-state index in [4.69, 9.17) is 4.74 Å². The number of benzene rings is 1. The van der Waals surface area contributed by atoms with Gasteiger partial charge < -0.3 is 9.64 Å². The zero-order valence-electron chi connectivity index (χ0n) is 11.2. The van der Waals surface area contributed by atoms with Gasteiger partial charge in [-0.05, 0) is 44.5 Å². The molecule has 1 aliphatic rings. The van der Waals surface area contributed by atoms with Crippen molar-refractivity contribution in [1.82, 2.24) is 4.90 Å². The van der Waals surface area contributed by atoms with E-state index in [1.54, 1.807) is 17.0 Å². The van der Waals surface area contributed by atoms with Gasteiger partial charge in [0.2, 0.25) is 0 Å². The number of hydrogen-bond donors (Lipinski definition) is 0. The standard InChI is InChI=1S/C14H17BrFNO2/c1-14(2,3)19-13(18)17-7-9(8-17)11-6-10(15)4-5-12(11)16/h4-6,9H,7-8H2,1-3H3. The zero-order valence-corrected chi connectivity index (χ0v) is 12.8. The summed E-state index contributed by atoms with van der Waals surface area (Å²) in [4.78, 5) is 13.4. The number of carbonyl (C=O) groups excluding carboxylic acids is 1. The van der Waals surface area contributed by atoms with E-state index >= 15 is 0 Å². The van der Waals surface area contributed by atoms with E-state index in [0.29, 0.717) is 18.7 Å². The summed E-state index contributed by atoms with van der Waals surface area (Å²) in [7, 11) is 0. The lowest BCUT2D eigenvalue weighted by atomic mass is 9.91. The largest absolute Gasteiger partial charge is 0.444 e. The highest BCUT2D eigenvalue weighted by Gasteiger charge is 2.35. The Morgan fingerprint density at radius 2 is 2.05 bits per heavy atom. The predicted octanol–water partition coefficient (Wildman–Crippen LogP) is 3.92. The van der Waals surface area contributed by atoms with Gasteiger partial charge in [0, 0.05) is 23.5 Å². The van der Waals surface area contributed by atoms with E-state index in [0.717, 1.165) is 4.47 Å². The molecule has 1 aromatic carbocycles. The number of halogens is 2. The first kappa shape index (κ1) is 14.3. The van der Waals surface area contributed by atoms with Crippen molar-refractivity contribution in [2.75, 3.05) is 13.1 Å². The highest BCUT2D eigenvalue weighted by molar-refractivity contribution is 9.10. The van der Waals surface area contributed by atoms with Crippen LogP contribution in [0.25, 0.3) is 0 Å². The average molecular weight is 330 g/mol. The Morgan fingerprint density at radius 1 is 1.42 bits per heavy atom. The predicted molar refractivity (Wildman–Crippen MR) is 74.6 cm³/mol. The summed E-state index contributed by atoms with van der Waals surface area (Å²) in [5, 5.41) is 0. The number of rotatable bonds is 1. The molecule has 3 nitrogen and oxygen atoms in total. The number of nitrogens with zero attached hydrogens (tertiary/aromatic N) is 1. The summed E-state index contributed by atoms with van der Waals surface area (Å²) in [5.74, 6) is -0.179. The van der Waals surface area contributed by atoms with E-state index in [2.05, 4.69) is 15.9 Å². The van der Waals surface area contributed by atoms with E-state index < -0.39 is 5.60 Å². The minimum atomic E-state index is -0.497. The maximum atomic E-state index is 13.7. The van der Waals surface area contributed by atoms with E-state index in [1.807, 2.05) is 20.8 Å². The SMILES string of the molecule is CC(C)(C)OC(=O)N1CC(c2cc(Br)ccc2F)C1. The monoisotopic (exact) mass is 329 g/mol. The Bertz CT molecular complexity index is 493. The third-order valence-electron chi connectivity index (χ3n) is 2.93. The van der Waals surface area contributed by atoms with Crippen LogP contribution in [0.4, 0.5) is 9.18 Å². The summed E-state index contributed by atoms with van der Waals surface area (Å²) >= 11 is 3.33. The number of likely N-dealkylation sites (tertiary alicyclic amines) is 1. The highest BCUT2D eigenvalue weighted by Crippen LogP contribution is 2.31. The van der Waals surface area contributed by atoms with Crippen molar-refractivity contribution in [2.45, 2.75) is 32.3 Å². The van der Waals surface area contributed by atoms with Gasteiger partial charge in [-0.2, -0.15) is 0 Å². The summed E-state index contributed by atoms with van der Waals surface area (Å²) in [5.41, 5.74) is 0.151. The van der Waals surface area contributed by atoms with Crippen LogP contribution >= 0.6 is 15.9 Å². The molecule has 1 heterocycles. The average Bonchev–Trinajstić information content (AvgIpc) is 2.18. The van der Waals surface area contributed by atoms with Gasteiger partial charge in [-0.1, -0.05) is 15.9 Å². The lowest BCUT2D eigenvalue weighted by molar-refractivity contribution is 0.00790. The maximum absolute atomic E-state index is 13.7. The number of hydrogen-bond acceptors (Lipinski definition) is 2. The quantitative estimate of drug-likeness (QED) is 0.781. The fourth-order valence-electron chi connectivity index (χ4n) is 1.98. The van der Waals surface area contributed by atoms with Gasteiger partial charge in [0.15, 0.2) is 0 Å². The molecule has 0 unspecified atom stereocenters. The molecule has 104 valence electrons. The van der Waals surface area contributed by atoms with Crippen LogP contribution in [0, 0.1) is 5.82 Å². The molecule has 2 rings (SSSR count). The molecular weight excluding hydrogens is 313 g/mol. The van der Waals surface area contributed by atoms with Crippen molar-refractivity contribution in [1.29, 1.82) is 0 Å². The molecule has 0 saturated carbocycles. The topological polar surface area (TPSA) is 29.5 Å². The van der Waals surface area contributed by atoms with Crippen LogP contribution in [0.3, 0.4) is 0 Å². The van der Waals surface area contributed by atoms with Crippen molar-refractivity contribution < 1.29 is 13.9 Å². The molecule has 0 aromatic heterocycles. The van der Waals surface area contributed by atoms with E-state index in [1.165, 1.54) is 6.07 Å². The molecule has 0 atom stereocenters. The van der Waals surface area contributed by atoms with Crippen molar-refractivity contribution >= 4 is 22.0 Å². The molecule has 1 aliphatic heterocycles. The molecule has 0 spiro atoms. The Labute approximate surface area is 120 Å². The van der Waals surface area contributed by atoms with Crippen LogP contribution in [0.5, 0.6) is 0 Å². The third kappa shape index (κ3) is 3.47. The van der Waals surface area contributed by atoms with Crippen molar-refractivity contribution in [3.05, 3.63) is 34.1 Å². The number of amides is 1. The Hall–Kier alpha value is -1.10. The molecule has 1 fully saturated rings. The van der Waals surface area contributed by atoms with Crippen molar-refractivity contribution in [3.63, 3.8) is 0 Å². The molecular formula is C14H17BrFNO2. The third-order valence-corrected chi connectivity index (χ3v) is 3.42. The molecule has 1 saturated heterocycles. The minimum absolute atomic E-state index is 0.0463.